The molecule has 0 N–H and O–H groups in total. The molecule has 0 aromatic heterocycles. The van der Waals surface area contributed by atoms with Gasteiger partial charge in [0.05, 0.1) is 0 Å². The standard InChI is InChI=1S/C68H108O6/c1-4-7-10-13-16-19-22-24-26-28-29-30-31-32-33-34-35-36-37-38-39-41-42-44-46-49-52-55-58-61-67(70)73-64-65(63-72-66(69)60-57-54-51-48-21-18-15-12-9-6-3)74-68(71)62-59-56-53-50-47-45-43-40-27-25-23-20-17-14-11-8-5-2/h7,10,12,15-17,19-20,24-27,29-30,32-33,35-36,38-39,42,44,49,52,65H,4-6,8-9,11,13-14,18,21-23,28,31,34,37,40-41,43,45-48,50-51,53-64H2,1-3H3/b10-7-,15-12-,19-16-,20-17-,26-24-,27-25-,30-29-,33-32-,36-35-,39-38-,44-42-,52-49-. The van der Waals surface area contributed by atoms with E-state index < -0.39 is 6.10 Å². The Labute approximate surface area is 455 Å². The van der Waals surface area contributed by atoms with Crippen LogP contribution in [0.2, 0.25) is 0 Å². The van der Waals surface area contributed by atoms with Gasteiger partial charge in [-0.1, -0.05) is 237 Å². The van der Waals surface area contributed by atoms with Crippen molar-refractivity contribution in [2.75, 3.05) is 13.2 Å². The molecule has 0 aromatic carbocycles. The molecule has 1 unspecified atom stereocenters. The van der Waals surface area contributed by atoms with Crippen LogP contribution in [0.25, 0.3) is 0 Å². The van der Waals surface area contributed by atoms with Crippen molar-refractivity contribution in [3.8, 4) is 0 Å². The van der Waals surface area contributed by atoms with Crippen molar-refractivity contribution in [2.24, 2.45) is 0 Å². The fourth-order valence-electron chi connectivity index (χ4n) is 7.59. The molecule has 6 heteroatoms. The zero-order valence-electron chi connectivity index (χ0n) is 47.5. The van der Waals surface area contributed by atoms with Crippen LogP contribution >= 0.6 is 0 Å². The van der Waals surface area contributed by atoms with E-state index in [1.807, 2.05) is 0 Å². The summed E-state index contributed by atoms with van der Waals surface area (Å²) in [4.78, 5) is 38.1. The van der Waals surface area contributed by atoms with Gasteiger partial charge in [0.1, 0.15) is 13.2 Å². The first-order valence-corrected chi connectivity index (χ1v) is 29.8. The molecule has 0 aliphatic carbocycles. The quantitative estimate of drug-likeness (QED) is 0.0261. The second-order valence-corrected chi connectivity index (χ2v) is 19.2. The predicted octanol–water partition coefficient (Wildman–Crippen LogP) is 20.4. The average molecular weight is 1020 g/mol. The Morgan fingerprint density at radius 3 is 0.946 bits per heavy atom. The van der Waals surface area contributed by atoms with Gasteiger partial charge in [0.15, 0.2) is 6.10 Å². The van der Waals surface area contributed by atoms with E-state index in [4.69, 9.17) is 14.2 Å². The smallest absolute Gasteiger partial charge is 0.306 e. The number of carbonyl (C=O) groups is 3. The third-order valence-corrected chi connectivity index (χ3v) is 12.0. The van der Waals surface area contributed by atoms with Gasteiger partial charge in [-0.15, -0.1) is 0 Å². The minimum absolute atomic E-state index is 0.109. The fourth-order valence-corrected chi connectivity index (χ4v) is 7.59. The van der Waals surface area contributed by atoms with Crippen molar-refractivity contribution in [3.05, 3.63) is 146 Å². The van der Waals surface area contributed by atoms with E-state index in [1.54, 1.807) is 0 Å². The fraction of sp³-hybridized carbons (Fsp3) is 0.603. The van der Waals surface area contributed by atoms with Gasteiger partial charge in [0.2, 0.25) is 0 Å². The topological polar surface area (TPSA) is 78.9 Å². The lowest BCUT2D eigenvalue weighted by Crippen LogP contribution is -2.30. The first-order chi connectivity index (χ1) is 36.5. The summed E-state index contributed by atoms with van der Waals surface area (Å²) in [6.07, 6.45) is 87.1. The van der Waals surface area contributed by atoms with Gasteiger partial charge in [-0.25, -0.2) is 0 Å². The van der Waals surface area contributed by atoms with Crippen LogP contribution in [-0.2, 0) is 28.6 Å². The van der Waals surface area contributed by atoms with E-state index >= 15 is 0 Å². The second-order valence-electron chi connectivity index (χ2n) is 19.2. The molecule has 0 radical (unpaired) electrons. The summed E-state index contributed by atoms with van der Waals surface area (Å²) in [6, 6.07) is 0. The first-order valence-electron chi connectivity index (χ1n) is 29.8. The first kappa shape index (κ1) is 69.3. The lowest BCUT2D eigenvalue weighted by atomic mass is 10.1. The predicted molar refractivity (Wildman–Crippen MR) is 320 cm³/mol. The SMILES string of the molecule is CC/C=C\C/C=C\C/C=C\C/C=C\C/C=C\C/C=C\C/C=C\C/C=C\C/C=C\CCCC(=O)OCC(COC(=O)CCCCCCC/C=C\CCC)OC(=O)CCCCCCCCC/C=C\C/C=C\CCCCC. The van der Waals surface area contributed by atoms with Crippen molar-refractivity contribution in [1.29, 1.82) is 0 Å². The highest BCUT2D eigenvalue weighted by atomic mass is 16.6. The van der Waals surface area contributed by atoms with Crippen LogP contribution in [0.5, 0.6) is 0 Å². The highest BCUT2D eigenvalue weighted by molar-refractivity contribution is 5.71. The molecule has 0 rings (SSSR count). The lowest BCUT2D eigenvalue weighted by molar-refractivity contribution is -0.167. The summed E-state index contributed by atoms with van der Waals surface area (Å²) >= 11 is 0. The zero-order valence-corrected chi connectivity index (χ0v) is 47.5. The number of hydrogen-bond donors (Lipinski definition) is 0. The number of carbonyl (C=O) groups excluding carboxylic acids is 3. The second kappa shape index (κ2) is 60.8. The Kier molecular flexibility index (Phi) is 57.0. The van der Waals surface area contributed by atoms with Crippen LogP contribution in [0, 0.1) is 0 Å². The van der Waals surface area contributed by atoms with Crippen molar-refractivity contribution in [3.63, 3.8) is 0 Å². The molecule has 416 valence electrons. The molecular weight excluding hydrogens is 913 g/mol. The minimum Gasteiger partial charge on any atom is -0.462 e. The van der Waals surface area contributed by atoms with E-state index in [-0.39, 0.29) is 37.5 Å². The maximum Gasteiger partial charge on any atom is 0.306 e. The van der Waals surface area contributed by atoms with Crippen molar-refractivity contribution >= 4 is 17.9 Å². The molecule has 74 heavy (non-hydrogen) atoms. The number of ether oxygens (including phenoxy) is 3. The van der Waals surface area contributed by atoms with E-state index in [2.05, 4.69) is 167 Å². The van der Waals surface area contributed by atoms with Gasteiger partial charge in [-0.05, 0) is 135 Å². The third-order valence-electron chi connectivity index (χ3n) is 12.0. The van der Waals surface area contributed by atoms with Crippen LogP contribution in [0.4, 0.5) is 0 Å². The Hall–Kier alpha value is -4.71. The number of rotatable bonds is 52. The summed E-state index contributed by atoms with van der Waals surface area (Å²) in [7, 11) is 0. The van der Waals surface area contributed by atoms with Crippen molar-refractivity contribution < 1.29 is 28.6 Å². The molecule has 0 aliphatic rings. The Balaban J connectivity index is 4.41. The number of allylic oxidation sites excluding steroid dienone is 24. The summed E-state index contributed by atoms with van der Waals surface area (Å²) < 4.78 is 16.8. The van der Waals surface area contributed by atoms with Gasteiger partial charge in [0.25, 0.3) is 0 Å². The van der Waals surface area contributed by atoms with Crippen molar-refractivity contribution in [2.45, 2.75) is 252 Å². The number of esters is 3. The van der Waals surface area contributed by atoms with Gasteiger partial charge < -0.3 is 14.2 Å². The summed E-state index contributed by atoms with van der Waals surface area (Å²) in [6.45, 7) is 6.36. The molecule has 0 amide bonds. The highest BCUT2D eigenvalue weighted by Crippen LogP contribution is 2.13. The summed E-state index contributed by atoms with van der Waals surface area (Å²) in [5.74, 6) is -0.995. The van der Waals surface area contributed by atoms with Gasteiger partial charge >= 0.3 is 17.9 Å². The molecule has 6 nitrogen and oxygen atoms in total. The van der Waals surface area contributed by atoms with Crippen LogP contribution < -0.4 is 0 Å². The van der Waals surface area contributed by atoms with Crippen LogP contribution in [0.15, 0.2) is 146 Å². The maximum absolute atomic E-state index is 12.8. The largest absolute Gasteiger partial charge is 0.462 e. The Morgan fingerprint density at radius 2 is 0.568 bits per heavy atom. The molecule has 0 bridgehead atoms. The molecule has 1 atom stereocenters. The molecular formula is C68H108O6. The average Bonchev–Trinajstić information content (AvgIpc) is 3.40. The molecule has 0 fully saturated rings. The van der Waals surface area contributed by atoms with Crippen LogP contribution in [0.3, 0.4) is 0 Å². The molecule has 0 spiro atoms. The van der Waals surface area contributed by atoms with E-state index in [9.17, 15) is 14.4 Å². The van der Waals surface area contributed by atoms with E-state index in [1.165, 1.54) is 64.2 Å². The van der Waals surface area contributed by atoms with Crippen LogP contribution in [-0.4, -0.2) is 37.2 Å². The summed E-state index contributed by atoms with van der Waals surface area (Å²) in [5.41, 5.74) is 0. The molecule has 0 aliphatic heterocycles. The molecule has 0 aromatic rings. The lowest BCUT2D eigenvalue weighted by Gasteiger charge is -2.18. The van der Waals surface area contributed by atoms with Gasteiger partial charge in [-0.3, -0.25) is 14.4 Å². The Morgan fingerprint density at radius 1 is 0.284 bits per heavy atom. The molecule has 0 heterocycles. The molecule has 0 saturated carbocycles. The normalized spacial score (nSPS) is 13.2. The number of hydrogen-bond acceptors (Lipinski definition) is 6. The summed E-state index contributed by atoms with van der Waals surface area (Å²) in [5, 5.41) is 0. The van der Waals surface area contributed by atoms with Crippen molar-refractivity contribution in [1.82, 2.24) is 0 Å². The third kappa shape index (κ3) is 58.2. The monoisotopic (exact) mass is 1020 g/mol. The van der Waals surface area contributed by atoms with E-state index in [0.29, 0.717) is 19.3 Å². The minimum atomic E-state index is -0.815. The zero-order chi connectivity index (χ0) is 53.6. The maximum atomic E-state index is 12.8. The van der Waals surface area contributed by atoms with Gasteiger partial charge in [0, 0.05) is 19.3 Å². The van der Waals surface area contributed by atoms with Crippen LogP contribution in [0.1, 0.15) is 245 Å². The van der Waals surface area contributed by atoms with E-state index in [0.717, 1.165) is 135 Å². The van der Waals surface area contributed by atoms with Gasteiger partial charge in [-0.2, -0.15) is 0 Å². The number of unbranched alkanes of at least 4 members (excludes halogenated alkanes) is 17. The molecule has 0 saturated heterocycles. The Bertz CT molecular complexity index is 1640. The highest BCUT2D eigenvalue weighted by Gasteiger charge is 2.19.